The zero-order chi connectivity index (χ0) is 20.8. The molecule has 3 aromatic rings. The van der Waals surface area contributed by atoms with Gasteiger partial charge in [0.2, 0.25) is 0 Å². The lowest BCUT2D eigenvalue weighted by atomic mass is 10.1. The summed E-state index contributed by atoms with van der Waals surface area (Å²) in [6.45, 7) is 5.20. The van der Waals surface area contributed by atoms with E-state index in [9.17, 15) is 0 Å². The van der Waals surface area contributed by atoms with E-state index in [1.54, 1.807) is 6.20 Å². The number of hydrogen-bond acceptors (Lipinski definition) is 3. The van der Waals surface area contributed by atoms with E-state index in [2.05, 4.69) is 81.1 Å². The molecule has 2 N–H and O–H groups in total. The van der Waals surface area contributed by atoms with Crippen molar-refractivity contribution in [3.63, 3.8) is 0 Å². The summed E-state index contributed by atoms with van der Waals surface area (Å²) in [5.41, 5.74) is 4.83. The molecule has 1 atom stereocenters. The zero-order valence-electron chi connectivity index (χ0n) is 18.2. The monoisotopic (exact) mass is 530 g/mol. The standard InChI is InChI=1S/C24H30N6.HI/c1-19(21-7-5-8-23(17-21)29-14-3-4-15-29)28-24(25-2)26-18-20-9-11-22(12-10-20)30-16-6-13-27-30;/h5-13,16-17,19H,3-4,14-15,18H2,1-2H3,(H2,25,26,28);1H. The topological polar surface area (TPSA) is 57.5 Å². The van der Waals surface area contributed by atoms with Crippen molar-refractivity contribution in [3.8, 4) is 5.69 Å². The number of aliphatic imine (C=N–C) groups is 1. The Labute approximate surface area is 201 Å². The highest BCUT2D eigenvalue weighted by atomic mass is 127. The molecule has 31 heavy (non-hydrogen) atoms. The SMILES string of the molecule is CN=C(NCc1ccc(-n2cccn2)cc1)NC(C)c1cccc(N2CCCC2)c1.I. The van der Waals surface area contributed by atoms with Crippen molar-refractivity contribution in [2.75, 3.05) is 25.0 Å². The Hall–Kier alpha value is -2.55. The Morgan fingerprint density at radius 3 is 2.52 bits per heavy atom. The van der Waals surface area contributed by atoms with Crippen LogP contribution in [0.2, 0.25) is 0 Å². The quantitative estimate of drug-likeness (QED) is 0.280. The number of nitrogens with one attached hydrogen (secondary N) is 2. The van der Waals surface area contributed by atoms with Crippen LogP contribution in [-0.2, 0) is 6.54 Å². The molecule has 0 spiro atoms. The third kappa shape index (κ3) is 6.00. The van der Waals surface area contributed by atoms with Crippen LogP contribution in [0.25, 0.3) is 5.69 Å². The maximum atomic E-state index is 4.40. The summed E-state index contributed by atoms with van der Waals surface area (Å²) in [6.07, 6.45) is 6.31. The maximum Gasteiger partial charge on any atom is 0.191 e. The predicted molar refractivity (Wildman–Crippen MR) is 139 cm³/mol. The van der Waals surface area contributed by atoms with Crippen molar-refractivity contribution in [2.24, 2.45) is 4.99 Å². The number of guanidine groups is 1. The third-order valence-corrected chi connectivity index (χ3v) is 5.58. The van der Waals surface area contributed by atoms with Crippen LogP contribution in [0.5, 0.6) is 0 Å². The number of anilines is 1. The maximum absolute atomic E-state index is 4.40. The molecule has 6 nitrogen and oxygen atoms in total. The van der Waals surface area contributed by atoms with Gasteiger partial charge in [0.25, 0.3) is 0 Å². The molecule has 164 valence electrons. The molecule has 7 heteroatoms. The molecule has 1 aliphatic rings. The molecule has 2 heterocycles. The molecule has 0 radical (unpaired) electrons. The first-order valence-corrected chi connectivity index (χ1v) is 10.6. The summed E-state index contributed by atoms with van der Waals surface area (Å²) in [6, 6.07) is 19.3. The van der Waals surface area contributed by atoms with Crippen molar-refractivity contribution in [3.05, 3.63) is 78.1 Å². The van der Waals surface area contributed by atoms with Crippen molar-refractivity contribution in [2.45, 2.75) is 32.4 Å². The number of rotatable bonds is 6. The second kappa shape index (κ2) is 11.2. The van der Waals surface area contributed by atoms with E-state index in [-0.39, 0.29) is 30.0 Å². The van der Waals surface area contributed by atoms with Gasteiger partial charge in [0, 0.05) is 44.8 Å². The Bertz CT molecular complexity index is 962. The molecular formula is C24H31IN6. The Morgan fingerprint density at radius 2 is 1.84 bits per heavy atom. The second-order valence-electron chi connectivity index (χ2n) is 7.70. The lowest BCUT2D eigenvalue weighted by Crippen LogP contribution is -2.38. The molecule has 1 fully saturated rings. The van der Waals surface area contributed by atoms with Crippen molar-refractivity contribution < 1.29 is 0 Å². The Balaban J connectivity index is 0.00000272. The first-order valence-electron chi connectivity index (χ1n) is 10.6. The minimum absolute atomic E-state index is 0. The molecule has 1 unspecified atom stereocenters. The van der Waals surface area contributed by atoms with Gasteiger partial charge in [0.15, 0.2) is 5.96 Å². The molecule has 1 aliphatic heterocycles. The molecule has 4 rings (SSSR count). The highest BCUT2D eigenvalue weighted by Crippen LogP contribution is 2.24. The molecule has 1 aromatic heterocycles. The van der Waals surface area contributed by atoms with Crippen LogP contribution >= 0.6 is 24.0 Å². The van der Waals surface area contributed by atoms with Crippen LogP contribution in [0, 0.1) is 0 Å². The van der Waals surface area contributed by atoms with Gasteiger partial charge in [-0.25, -0.2) is 4.68 Å². The summed E-state index contributed by atoms with van der Waals surface area (Å²) in [5, 5.41) is 11.2. The third-order valence-electron chi connectivity index (χ3n) is 5.58. The summed E-state index contributed by atoms with van der Waals surface area (Å²) < 4.78 is 1.86. The molecule has 0 bridgehead atoms. The van der Waals surface area contributed by atoms with Gasteiger partial charge in [-0.05, 0) is 61.2 Å². The van der Waals surface area contributed by atoms with Crippen molar-refractivity contribution in [1.82, 2.24) is 20.4 Å². The van der Waals surface area contributed by atoms with Gasteiger partial charge in [0.1, 0.15) is 0 Å². The van der Waals surface area contributed by atoms with Crippen molar-refractivity contribution in [1.29, 1.82) is 0 Å². The van der Waals surface area contributed by atoms with E-state index in [1.807, 2.05) is 24.0 Å². The van der Waals surface area contributed by atoms with E-state index in [1.165, 1.54) is 29.7 Å². The number of halogens is 1. The largest absolute Gasteiger partial charge is 0.372 e. The first kappa shape index (κ1) is 23.1. The number of benzene rings is 2. The lowest BCUT2D eigenvalue weighted by Gasteiger charge is -2.22. The van der Waals surface area contributed by atoms with E-state index < -0.39 is 0 Å². The van der Waals surface area contributed by atoms with E-state index in [4.69, 9.17) is 0 Å². The fourth-order valence-corrected chi connectivity index (χ4v) is 3.82. The highest BCUT2D eigenvalue weighted by molar-refractivity contribution is 14.0. The highest BCUT2D eigenvalue weighted by Gasteiger charge is 2.14. The van der Waals surface area contributed by atoms with Crippen LogP contribution in [0.3, 0.4) is 0 Å². The number of nitrogens with zero attached hydrogens (tertiary/aromatic N) is 4. The van der Waals surface area contributed by atoms with Gasteiger partial charge in [-0.2, -0.15) is 5.10 Å². The molecular weight excluding hydrogens is 499 g/mol. The molecule has 0 aliphatic carbocycles. The van der Waals surface area contributed by atoms with E-state index in [0.29, 0.717) is 6.54 Å². The van der Waals surface area contributed by atoms with Gasteiger partial charge in [-0.1, -0.05) is 24.3 Å². The normalized spacial score (nSPS) is 14.8. The van der Waals surface area contributed by atoms with E-state index >= 15 is 0 Å². The van der Waals surface area contributed by atoms with Crippen LogP contribution in [-0.4, -0.2) is 35.9 Å². The summed E-state index contributed by atoms with van der Waals surface area (Å²) in [4.78, 5) is 6.87. The lowest BCUT2D eigenvalue weighted by molar-refractivity contribution is 0.685. The van der Waals surface area contributed by atoms with Gasteiger partial charge in [-0.3, -0.25) is 4.99 Å². The average molecular weight is 530 g/mol. The predicted octanol–water partition coefficient (Wildman–Crippen LogP) is 4.52. The minimum atomic E-state index is 0. The van der Waals surface area contributed by atoms with Crippen molar-refractivity contribution >= 4 is 35.6 Å². The molecule has 2 aromatic carbocycles. The zero-order valence-corrected chi connectivity index (χ0v) is 20.5. The van der Waals surface area contributed by atoms with Gasteiger partial charge < -0.3 is 15.5 Å². The van der Waals surface area contributed by atoms with Gasteiger partial charge in [0.05, 0.1) is 11.7 Å². The molecule has 1 saturated heterocycles. The number of aromatic nitrogens is 2. The minimum Gasteiger partial charge on any atom is -0.372 e. The van der Waals surface area contributed by atoms with Gasteiger partial charge >= 0.3 is 0 Å². The first-order chi connectivity index (χ1) is 14.7. The Kier molecular flexibility index (Phi) is 8.34. The Morgan fingerprint density at radius 1 is 1.06 bits per heavy atom. The molecule has 0 saturated carbocycles. The van der Waals surface area contributed by atoms with Gasteiger partial charge in [-0.15, -0.1) is 24.0 Å². The average Bonchev–Trinajstić information content (AvgIpc) is 3.51. The van der Waals surface area contributed by atoms with Crippen LogP contribution in [0.1, 0.15) is 36.9 Å². The molecule has 0 amide bonds. The summed E-state index contributed by atoms with van der Waals surface area (Å²) in [5.74, 6) is 0.797. The summed E-state index contributed by atoms with van der Waals surface area (Å²) >= 11 is 0. The van der Waals surface area contributed by atoms with Crippen LogP contribution < -0.4 is 15.5 Å². The fourth-order valence-electron chi connectivity index (χ4n) is 3.82. The van der Waals surface area contributed by atoms with E-state index in [0.717, 1.165) is 24.7 Å². The number of hydrogen-bond donors (Lipinski definition) is 2. The van der Waals surface area contributed by atoms with Crippen LogP contribution in [0.4, 0.5) is 5.69 Å². The second-order valence-corrected chi connectivity index (χ2v) is 7.70. The van der Waals surface area contributed by atoms with Crippen LogP contribution in [0.15, 0.2) is 72.0 Å². The fraction of sp³-hybridized carbons (Fsp3) is 0.333. The smallest absolute Gasteiger partial charge is 0.191 e. The summed E-state index contributed by atoms with van der Waals surface area (Å²) in [7, 11) is 1.81.